The van der Waals surface area contributed by atoms with Crippen LogP contribution in [0.5, 0.6) is 0 Å². The maximum Gasteiger partial charge on any atom is 0.253 e. The van der Waals surface area contributed by atoms with Gasteiger partial charge in [0.25, 0.3) is 5.91 Å². The highest BCUT2D eigenvalue weighted by molar-refractivity contribution is 7.91. The van der Waals surface area contributed by atoms with Gasteiger partial charge in [-0.3, -0.25) is 9.59 Å². The summed E-state index contributed by atoms with van der Waals surface area (Å²) in [7, 11) is -2.98. The Morgan fingerprint density at radius 2 is 1.34 bits per heavy atom. The number of likely N-dealkylation sites (tertiary alicyclic amines) is 1. The first-order valence-corrected chi connectivity index (χ1v) is 15.6. The quantitative estimate of drug-likeness (QED) is 0.471. The van der Waals surface area contributed by atoms with Crippen LogP contribution in [0.3, 0.4) is 0 Å². The van der Waals surface area contributed by atoms with E-state index in [-0.39, 0.29) is 35.2 Å². The number of carbonyl (C=O) groups is 2. The SMILES string of the molecule is CC(NC(=O)C1(c2ccc(F)cc2)CCN(C(=O)c2ccc(N3CCS(=O)(=O)CC3)cc2)CC1)c1ccc(F)cc1. The molecule has 0 aliphatic carbocycles. The van der Waals surface area contributed by atoms with Crippen LogP contribution in [0.25, 0.3) is 0 Å². The van der Waals surface area contributed by atoms with Gasteiger partial charge in [-0.2, -0.15) is 0 Å². The van der Waals surface area contributed by atoms with Crippen molar-refractivity contribution in [2.75, 3.05) is 42.6 Å². The summed E-state index contributed by atoms with van der Waals surface area (Å²) in [5.74, 6) is -0.887. The number of rotatable bonds is 6. The minimum absolute atomic E-state index is 0.119. The minimum atomic E-state index is -2.98. The predicted octanol–water partition coefficient (Wildman–Crippen LogP) is 4.25. The van der Waals surface area contributed by atoms with Crippen LogP contribution in [0.2, 0.25) is 0 Å². The van der Waals surface area contributed by atoms with Crippen LogP contribution in [0.1, 0.15) is 47.3 Å². The van der Waals surface area contributed by atoms with Crippen molar-refractivity contribution in [1.82, 2.24) is 10.2 Å². The summed E-state index contributed by atoms with van der Waals surface area (Å²) < 4.78 is 50.6. The van der Waals surface area contributed by atoms with E-state index in [1.165, 1.54) is 24.3 Å². The van der Waals surface area contributed by atoms with E-state index in [4.69, 9.17) is 0 Å². The Hall–Kier alpha value is -3.79. The Kier molecular flexibility index (Phi) is 8.13. The molecule has 0 spiro atoms. The van der Waals surface area contributed by atoms with Crippen LogP contribution in [-0.2, 0) is 20.0 Å². The number of halogens is 2. The van der Waals surface area contributed by atoms with Crippen LogP contribution in [0, 0.1) is 11.6 Å². The molecule has 0 saturated carbocycles. The Morgan fingerprint density at radius 1 is 0.805 bits per heavy atom. The molecule has 2 fully saturated rings. The van der Waals surface area contributed by atoms with Crippen molar-refractivity contribution in [3.63, 3.8) is 0 Å². The predicted molar refractivity (Wildman–Crippen MR) is 153 cm³/mol. The van der Waals surface area contributed by atoms with Crippen molar-refractivity contribution >= 4 is 27.3 Å². The highest BCUT2D eigenvalue weighted by atomic mass is 32.2. The molecule has 216 valence electrons. The van der Waals surface area contributed by atoms with Crippen molar-refractivity contribution in [2.24, 2.45) is 0 Å². The first kappa shape index (κ1) is 28.7. The van der Waals surface area contributed by atoms with Crippen LogP contribution in [0.15, 0.2) is 72.8 Å². The Labute approximate surface area is 239 Å². The summed E-state index contributed by atoms with van der Waals surface area (Å²) in [6.07, 6.45) is 0.708. The molecular weight excluding hydrogens is 548 g/mol. The van der Waals surface area contributed by atoms with Crippen LogP contribution in [-0.4, -0.2) is 62.8 Å². The van der Waals surface area contributed by atoms with Crippen molar-refractivity contribution in [1.29, 1.82) is 0 Å². The fourth-order valence-electron chi connectivity index (χ4n) is 5.64. The Bertz CT molecular complexity index is 1490. The van der Waals surface area contributed by atoms with Crippen molar-refractivity contribution in [2.45, 2.75) is 31.2 Å². The molecule has 3 aromatic rings. The lowest BCUT2D eigenvalue weighted by molar-refractivity contribution is -0.129. The number of hydrogen-bond acceptors (Lipinski definition) is 5. The molecule has 0 radical (unpaired) electrons. The fraction of sp³-hybridized carbons (Fsp3) is 0.355. The number of anilines is 1. The van der Waals surface area contributed by atoms with Gasteiger partial charge in [0.2, 0.25) is 5.91 Å². The molecule has 5 rings (SSSR count). The second-order valence-corrected chi connectivity index (χ2v) is 13.1. The third-order valence-electron chi connectivity index (χ3n) is 8.28. The molecular formula is C31H33F2N3O4S. The van der Waals surface area contributed by atoms with E-state index in [0.717, 1.165) is 11.3 Å². The average molecular weight is 582 g/mol. The molecule has 3 aromatic carbocycles. The van der Waals surface area contributed by atoms with Gasteiger partial charge in [-0.05, 0) is 79.4 Å². The number of nitrogens with zero attached hydrogens (tertiary/aromatic N) is 2. The zero-order chi connectivity index (χ0) is 29.2. The smallest absolute Gasteiger partial charge is 0.253 e. The van der Waals surface area contributed by atoms with Crippen molar-refractivity contribution in [3.8, 4) is 0 Å². The molecule has 41 heavy (non-hydrogen) atoms. The second kappa shape index (κ2) is 11.6. The molecule has 1 atom stereocenters. The third kappa shape index (κ3) is 6.27. The summed E-state index contributed by atoms with van der Waals surface area (Å²) in [4.78, 5) is 30.9. The van der Waals surface area contributed by atoms with Crippen LogP contribution in [0.4, 0.5) is 14.5 Å². The summed E-state index contributed by atoms with van der Waals surface area (Å²) in [6.45, 7) is 3.35. The normalized spacial score (nSPS) is 18.9. The number of amides is 2. The van der Waals surface area contributed by atoms with Crippen molar-refractivity contribution in [3.05, 3.63) is 101 Å². The molecule has 2 aliphatic heterocycles. The van der Waals surface area contributed by atoms with Crippen molar-refractivity contribution < 1.29 is 26.8 Å². The molecule has 1 N–H and O–H groups in total. The first-order chi connectivity index (χ1) is 19.6. The van der Waals surface area contributed by atoms with Gasteiger partial charge in [-0.25, -0.2) is 17.2 Å². The highest BCUT2D eigenvalue weighted by Crippen LogP contribution is 2.37. The Balaban J connectivity index is 1.29. The molecule has 0 bridgehead atoms. The number of hydrogen-bond donors (Lipinski definition) is 1. The topological polar surface area (TPSA) is 86.8 Å². The van der Waals surface area contributed by atoms with E-state index in [1.807, 2.05) is 24.0 Å². The first-order valence-electron chi connectivity index (χ1n) is 13.7. The second-order valence-electron chi connectivity index (χ2n) is 10.8. The zero-order valence-corrected chi connectivity index (χ0v) is 23.7. The lowest BCUT2D eigenvalue weighted by Crippen LogP contribution is -2.53. The molecule has 10 heteroatoms. The number of benzene rings is 3. The minimum Gasteiger partial charge on any atom is -0.369 e. The molecule has 2 heterocycles. The molecule has 2 aliphatic rings. The van der Waals surface area contributed by atoms with Gasteiger partial charge in [-0.15, -0.1) is 0 Å². The average Bonchev–Trinajstić information content (AvgIpc) is 2.97. The lowest BCUT2D eigenvalue weighted by atomic mass is 9.71. The highest BCUT2D eigenvalue weighted by Gasteiger charge is 2.44. The van der Waals surface area contributed by atoms with Gasteiger partial charge in [0.15, 0.2) is 9.84 Å². The summed E-state index contributed by atoms with van der Waals surface area (Å²) in [5.41, 5.74) is 1.87. The largest absolute Gasteiger partial charge is 0.369 e. The van der Waals surface area contributed by atoms with E-state index in [9.17, 15) is 26.8 Å². The molecule has 1 unspecified atom stereocenters. The van der Waals surface area contributed by atoms with E-state index < -0.39 is 21.1 Å². The van der Waals surface area contributed by atoms with Crippen LogP contribution >= 0.6 is 0 Å². The molecule has 7 nitrogen and oxygen atoms in total. The maximum absolute atomic E-state index is 13.8. The number of sulfone groups is 1. The number of piperidine rings is 1. The Morgan fingerprint density at radius 3 is 1.90 bits per heavy atom. The maximum atomic E-state index is 13.8. The van der Waals surface area contributed by atoms with Gasteiger partial charge in [-0.1, -0.05) is 24.3 Å². The zero-order valence-electron chi connectivity index (χ0n) is 22.9. The van der Waals surface area contributed by atoms with Gasteiger partial charge >= 0.3 is 0 Å². The summed E-state index contributed by atoms with van der Waals surface area (Å²) in [5, 5.41) is 3.06. The van der Waals surface area contributed by atoms with Gasteiger partial charge in [0, 0.05) is 37.4 Å². The fourth-order valence-corrected chi connectivity index (χ4v) is 6.85. The van der Waals surface area contributed by atoms with E-state index >= 15 is 0 Å². The molecule has 0 aromatic heterocycles. The monoisotopic (exact) mass is 581 g/mol. The van der Waals surface area contributed by atoms with Gasteiger partial charge < -0.3 is 15.1 Å². The summed E-state index contributed by atoms with van der Waals surface area (Å²) in [6, 6.07) is 18.7. The number of carbonyl (C=O) groups excluding carboxylic acids is 2. The van der Waals surface area contributed by atoms with E-state index in [1.54, 1.807) is 41.3 Å². The summed E-state index contributed by atoms with van der Waals surface area (Å²) >= 11 is 0. The molecule has 2 amide bonds. The van der Waals surface area contributed by atoms with Gasteiger partial charge in [0.05, 0.1) is 23.0 Å². The molecule has 2 saturated heterocycles. The van der Waals surface area contributed by atoms with E-state index in [0.29, 0.717) is 50.1 Å². The third-order valence-corrected chi connectivity index (χ3v) is 9.89. The van der Waals surface area contributed by atoms with Gasteiger partial charge in [0.1, 0.15) is 11.6 Å². The van der Waals surface area contributed by atoms with E-state index in [2.05, 4.69) is 5.32 Å². The van der Waals surface area contributed by atoms with Crippen LogP contribution < -0.4 is 10.2 Å². The standard InChI is InChI=1S/C31H33F2N3O4S/c1-22(23-2-8-26(32)9-3-23)34-30(38)31(25-6-10-27(33)11-7-25)14-16-36(17-15-31)29(37)24-4-12-28(13-5-24)35-18-20-41(39,40)21-19-35/h2-13,22H,14-21H2,1H3,(H,34,38). The lowest BCUT2D eigenvalue weighted by Gasteiger charge is -2.41. The number of nitrogens with one attached hydrogen (secondary N) is 1.